The van der Waals surface area contributed by atoms with E-state index in [1.165, 1.54) is 55.7 Å². The number of hydrogen-bond donors (Lipinski definition) is 9. The van der Waals surface area contributed by atoms with Gasteiger partial charge in [-0.25, -0.2) is 0 Å². The van der Waals surface area contributed by atoms with Crippen molar-refractivity contribution in [3.63, 3.8) is 0 Å². The Morgan fingerprint density at radius 3 is 1.77 bits per heavy atom. The van der Waals surface area contributed by atoms with Crippen LogP contribution >= 0.6 is 0 Å². The maximum Gasteiger partial charge on any atom is 0.161 e. The first kappa shape index (κ1) is 36.0. The smallest absolute Gasteiger partial charge is 0.161 e. The van der Waals surface area contributed by atoms with Crippen molar-refractivity contribution >= 4 is 12.2 Å². The molecule has 11 heteroatoms. The molecule has 11 nitrogen and oxygen atoms in total. The molecule has 4 rings (SSSR count). The summed E-state index contributed by atoms with van der Waals surface area (Å²) < 4.78 is 11.3. The van der Waals surface area contributed by atoms with E-state index in [1.807, 2.05) is 0 Å². The highest BCUT2D eigenvalue weighted by Crippen LogP contribution is 2.42. The molecule has 0 radical (unpaired) electrons. The molecule has 4 aromatic rings. The van der Waals surface area contributed by atoms with Gasteiger partial charge in [0.2, 0.25) is 0 Å². The Hall–Kier alpha value is -4.88. The molecule has 0 aliphatic rings. The van der Waals surface area contributed by atoms with Gasteiger partial charge in [0.1, 0.15) is 23.4 Å². The lowest BCUT2D eigenvalue weighted by atomic mass is 9.86. The van der Waals surface area contributed by atoms with Crippen LogP contribution in [0, 0.1) is 0 Å². The predicted molar refractivity (Wildman–Crippen MR) is 180 cm³/mol. The van der Waals surface area contributed by atoms with Crippen LogP contribution in [-0.2, 0) is 0 Å². The monoisotopic (exact) mass is 660 g/mol. The van der Waals surface area contributed by atoms with E-state index in [0.29, 0.717) is 11.3 Å². The lowest BCUT2D eigenvalue weighted by Crippen LogP contribution is -2.29. The van der Waals surface area contributed by atoms with Gasteiger partial charge in [0.25, 0.3) is 0 Å². The summed E-state index contributed by atoms with van der Waals surface area (Å²) >= 11 is 0. The lowest BCUT2D eigenvalue weighted by molar-refractivity contribution is -0.000547. The fourth-order valence-electron chi connectivity index (χ4n) is 5.32. The van der Waals surface area contributed by atoms with Gasteiger partial charge in [-0.3, -0.25) is 0 Å². The molecule has 0 bridgehead atoms. The highest BCUT2D eigenvalue weighted by atomic mass is 16.5. The molecule has 4 atom stereocenters. The second-order valence-corrected chi connectivity index (χ2v) is 11.0. The van der Waals surface area contributed by atoms with Gasteiger partial charge in [0, 0.05) is 22.6 Å². The van der Waals surface area contributed by atoms with Gasteiger partial charge in [-0.15, -0.1) is 0 Å². The van der Waals surface area contributed by atoms with E-state index >= 15 is 0 Å². The molecule has 48 heavy (non-hydrogen) atoms. The Balaban J connectivity index is 1.63. The fourth-order valence-corrected chi connectivity index (χ4v) is 5.32. The van der Waals surface area contributed by atoms with E-state index in [0.717, 1.165) is 5.56 Å². The van der Waals surface area contributed by atoms with E-state index in [9.17, 15) is 35.7 Å². The van der Waals surface area contributed by atoms with Crippen molar-refractivity contribution in [1.82, 2.24) is 0 Å². The molecule has 0 fully saturated rings. The van der Waals surface area contributed by atoms with E-state index < -0.39 is 37.4 Å². The maximum atomic E-state index is 11.5. The lowest BCUT2D eigenvalue weighted by Gasteiger charge is -2.27. The SMILES string of the molecule is COc1cc(/C=C/CO)ccc1OC(CO)C(O)c1ccc(O)c(C(CO)C(O)c2ccc(O)c(-c3cc(/C=C/CO)ccc3O)c2)c1. The number of benzene rings is 4. The summed E-state index contributed by atoms with van der Waals surface area (Å²) in [6, 6.07) is 18.0. The van der Waals surface area contributed by atoms with Crippen molar-refractivity contribution in [2.75, 3.05) is 33.5 Å². The number of methoxy groups -OCH3 is 1. The number of hydrogen-bond acceptors (Lipinski definition) is 11. The van der Waals surface area contributed by atoms with Crippen molar-refractivity contribution in [2.45, 2.75) is 24.2 Å². The zero-order valence-corrected chi connectivity index (χ0v) is 26.2. The molecule has 4 unspecified atom stereocenters. The summed E-state index contributed by atoms with van der Waals surface area (Å²) in [5.74, 6) is -1.12. The number of rotatable bonds is 15. The van der Waals surface area contributed by atoms with E-state index in [2.05, 4.69) is 0 Å². The van der Waals surface area contributed by atoms with Gasteiger partial charge in [-0.05, 0) is 70.8 Å². The topological polar surface area (TPSA) is 201 Å². The van der Waals surface area contributed by atoms with Crippen molar-refractivity contribution in [3.8, 4) is 39.9 Å². The van der Waals surface area contributed by atoms with E-state index in [4.69, 9.17) is 19.7 Å². The molecule has 0 aliphatic carbocycles. The van der Waals surface area contributed by atoms with Gasteiger partial charge < -0.3 is 55.4 Å². The first-order valence-corrected chi connectivity index (χ1v) is 15.1. The molecule has 0 saturated carbocycles. The average Bonchev–Trinajstić information content (AvgIpc) is 3.10. The zero-order chi connectivity index (χ0) is 34.8. The standard InChI is InChI=1S/C37H40O11/c1-47-34-17-23(5-3-15-39)7-13-33(34)48-35(21-41)37(46)25-9-12-32(44)28(19-25)29(20-40)36(45)24-8-11-31(43)27(18-24)26-16-22(4-2-14-38)6-10-30(26)42/h2-13,16-19,29,35-46H,14-15,20-21H2,1H3/b4-2+,5-3+. The fraction of sp³-hybridized carbons (Fsp3) is 0.243. The summed E-state index contributed by atoms with van der Waals surface area (Å²) in [5.41, 5.74) is 2.41. The minimum atomic E-state index is -1.42. The Bertz CT molecular complexity index is 1730. The minimum absolute atomic E-state index is 0.101. The highest BCUT2D eigenvalue weighted by Gasteiger charge is 2.29. The maximum absolute atomic E-state index is 11.5. The molecular formula is C37H40O11. The predicted octanol–water partition coefficient (Wildman–Crippen LogP) is 3.77. The number of aromatic hydroxyl groups is 3. The van der Waals surface area contributed by atoms with Crippen LogP contribution in [0.3, 0.4) is 0 Å². The molecule has 0 spiro atoms. The molecule has 4 aromatic carbocycles. The number of aliphatic hydroxyl groups excluding tert-OH is 6. The highest BCUT2D eigenvalue weighted by molar-refractivity contribution is 5.78. The molecule has 254 valence electrons. The van der Waals surface area contributed by atoms with Crippen LogP contribution in [0.2, 0.25) is 0 Å². The van der Waals surface area contributed by atoms with Crippen LogP contribution in [-0.4, -0.2) is 85.6 Å². The van der Waals surface area contributed by atoms with Gasteiger partial charge in [-0.1, -0.05) is 48.6 Å². The summed E-state index contributed by atoms with van der Waals surface area (Å²) in [6.45, 7) is -1.54. The van der Waals surface area contributed by atoms with Gasteiger partial charge >= 0.3 is 0 Å². The molecule has 0 amide bonds. The quantitative estimate of drug-likeness (QED) is 0.0899. The largest absolute Gasteiger partial charge is 0.508 e. The summed E-state index contributed by atoms with van der Waals surface area (Å²) in [7, 11) is 1.44. The Morgan fingerprint density at radius 1 is 0.604 bits per heavy atom. The molecule has 0 heterocycles. The second kappa shape index (κ2) is 16.8. The van der Waals surface area contributed by atoms with Crippen LogP contribution in [0.25, 0.3) is 23.3 Å². The molecule has 0 saturated heterocycles. The zero-order valence-electron chi connectivity index (χ0n) is 26.2. The number of aliphatic hydroxyl groups is 6. The van der Waals surface area contributed by atoms with Crippen LogP contribution < -0.4 is 9.47 Å². The normalized spacial score (nSPS) is 14.2. The summed E-state index contributed by atoms with van der Waals surface area (Å²) in [6.07, 6.45) is 2.39. The van der Waals surface area contributed by atoms with Crippen molar-refractivity contribution < 1.29 is 55.4 Å². The van der Waals surface area contributed by atoms with E-state index in [-0.39, 0.29) is 64.0 Å². The van der Waals surface area contributed by atoms with Crippen LogP contribution in [0.1, 0.15) is 45.9 Å². The third kappa shape index (κ3) is 8.33. The van der Waals surface area contributed by atoms with Crippen LogP contribution in [0.4, 0.5) is 0 Å². The third-order valence-electron chi connectivity index (χ3n) is 7.87. The summed E-state index contributed by atoms with van der Waals surface area (Å²) in [4.78, 5) is 0. The number of phenolic OH excluding ortho intramolecular Hbond substituents is 3. The van der Waals surface area contributed by atoms with Crippen molar-refractivity contribution in [3.05, 3.63) is 113 Å². The second-order valence-electron chi connectivity index (χ2n) is 11.0. The molecule has 9 N–H and O–H groups in total. The van der Waals surface area contributed by atoms with Gasteiger partial charge in [0.15, 0.2) is 17.6 Å². The van der Waals surface area contributed by atoms with Crippen LogP contribution in [0.5, 0.6) is 28.7 Å². The van der Waals surface area contributed by atoms with Gasteiger partial charge in [-0.2, -0.15) is 0 Å². The molecule has 0 aliphatic heterocycles. The molecular weight excluding hydrogens is 620 g/mol. The van der Waals surface area contributed by atoms with E-state index in [1.54, 1.807) is 48.6 Å². The first-order chi connectivity index (χ1) is 23.1. The Labute approximate surface area is 277 Å². The third-order valence-corrected chi connectivity index (χ3v) is 7.87. The molecule has 0 aromatic heterocycles. The Kier molecular flexibility index (Phi) is 12.6. The minimum Gasteiger partial charge on any atom is -0.508 e. The van der Waals surface area contributed by atoms with Crippen molar-refractivity contribution in [1.29, 1.82) is 0 Å². The van der Waals surface area contributed by atoms with Crippen molar-refractivity contribution in [2.24, 2.45) is 0 Å². The number of ether oxygens (including phenoxy) is 2. The van der Waals surface area contributed by atoms with Gasteiger partial charge in [0.05, 0.1) is 39.6 Å². The Morgan fingerprint density at radius 2 is 1.17 bits per heavy atom. The summed E-state index contributed by atoms with van der Waals surface area (Å²) in [5, 5.41) is 93.4. The number of phenols is 3. The van der Waals surface area contributed by atoms with Crippen LogP contribution in [0.15, 0.2) is 84.9 Å². The average molecular weight is 661 g/mol. The first-order valence-electron chi connectivity index (χ1n) is 15.1.